The number of fused-ring (bicyclic) bond motifs is 1. The number of hydrogen-bond donors (Lipinski definition) is 2. The average molecular weight is 499 g/mol. The number of amides is 2. The first-order valence-corrected chi connectivity index (χ1v) is 12.6. The van der Waals surface area contributed by atoms with Crippen LogP contribution in [0.4, 0.5) is 0 Å². The fourth-order valence-electron chi connectivity index (χ4n) is 5.75. The van der Waals surface area contributed by atoms with E-state index in [4.69, 9.17) is 10.5 Å². The number of rotatable bonds is 7. The Morgan fingerprint density at radius 1 is 1.08 bits per heavy atom. The molecule has 4 heterocycles. The third-order valence-corrected chi connectivity index (χ3v) is 7.81. The molecule has 0 bridgehead atoms. The van der Waals surface area contributed by atoms with Crippen LogP contribution in [0, 0.1) is 5.41 Å². The van der Waals surface area contributed by atoms with Gasteiger partial charge >= 0.3 is 0 Å². The second-order valence-corrected chi connectivity index (χ2v) is 10.6. The zero-order chi connectivity index (χ0) is 25.1. The maximum absolute atomic E-state index is 13.0. The number of nitrogens with two attached hydrogens (primary N) is 1. The second-order valence-electron chi connectivity index (χ2n) is 10.6. The summed E-state index contributed by atoms with van der Waals surface area (Å²) in [5, 5.41) is 15.9. The van der Waals surface area contributed by atoms with Gasteiger partial charge in [0.1, 0.15) is 11.7 Å². The maximum atomic E-state index is 13.0. The smallest absolute Gasteiger partial charge is 0.274 e. The summed E-state index contributed by atoms with van der Waals surface area (Å²) >= 11 is 0. The molecular formula is C26H26N8O3. The summed E-state index contributed by atoms with van der Waals surface area (Å²) in [6.45, 7) is 0. The summed E-state index contributed by atoms with van der Waals surface area (Å²) in [7, 11) is 0. The summed E-state index contributed by atoms with van der Waals surface area (Å²) in [4.78, 5) is 28.7. The highest BCUT2D eigenvalue weighted by molar-refractivity contribution is 5.99. The van der Waals surface area contributed by atoms with E-state index in [2.05, 4.69) is 31.9 Å². The number of primary amides is 1. The molecule has 0 atom stereocenters. The lowest BCUT2D eigenvalue weighted by molar-refractivity contribution is -0.0848. The topological polar surface area (TPSA) is 142 Å². The molecule has 1 spiro atoms. The third kappa shape index (κ3) is 3.90. The Labute approximate surface area is 212 Å². The molecule has 3 fully saturated rings. The van der Waals surface area contributed by atoms with Gasteiger partial charge in [0.2, 0.25) is 5.88 Å². The Balaban J connectivity index is 0.954. The molecule has 11 nitrogen and oxygen atoms in total. The summed E-state index contributed by atoms with van der Waals surface area (Å²) < 4.78 is 9.59. The summed E-state index contributed by atoms with van der Waals surface area (Å²) in [6, 6.07) is 7.75. The quantitative estimate of drug-likeness (QED) is 0.399. The van der Waals surface area contributed by atoms with Crippen LogP contribution in [-0.4, -0.2) is 53.6 Å². The molecule has 11 heteroatoms. The molecule has 2 amide bonds. The summed E-state index contributed by atoms with van der Waals surface area (Å²) in [6.07, 6.45) is 13.2. The van der Waals surface area contributed by atoms with Crippen LogP contribution in [0.5, 0.6) is 5.88 Å². The predicted molar refractivity (Wildman–Crippen MR) is 132 cm³/mol. The van der Waals surface area contributed by atoms with Crippen molar-refractivity contribution >= 4 is 17.3 Å². The highest BCUT2D eigenvalue weighted by Gasteiger charge is 2.54. The van der Waals surface area contributed by atoms with E-state index in [9.17, 15) is 9.59 Å². The minimum Gasteiger partial charge on any atom is -0.474 e. The van der Waals surface area contributed by atoms with Crippen LogP contribution in [0.25, 0.3) is 16.6 Å². The van der Waals surface area contributed by atoms with Gasteiger partial charge in [-0.3, -0.25) is 14.3 Å². The Morgan fingerprint density at radius 3 is 2.70 bits per heavy atom. The van der Waals surface area contributed by atoms with Crippen LogP contribution >= 0.6 is 0 Å². The normalized spacial score (nSPS) is 24.4. The van der Waals surface area contributed by atoms with Crippen molar-refractivity contribution in [1.82, 2.24) is 34.9 Å². The van der Waals surface area contributed by atoms with Crippen LogP contribution in [-0.2, 0) is 0 Å². The molecule has 188 valence electrons. The first-order valence-electron chi connectivity index (χ1n) is 12.6. The van der Waals surface area contributed by atoms with Crippen LogP contribution in [0.2, 0.25) is 0 Å². The van der Waals surface area contributed by atoms with E-state index in [1.54, 1.807) is 22.8 Å². The third-order valence-electron chi connectivity index (χ3n) is 7.81. The Hall–Kier alpha value is -4.28. The molecule has 4 aromatic heterocycles. The molecule has 0 radical (unpaired) electrons. The number of carbonyl (C=O) groups excluding carboxylic acids is 2. The number of pyridine rings is 2. The SMILES string of the molecule is NC(=O)c1cccnc1OC1CC2(CC(NC(=O)c3nnn4cc(-c5cnn(C6CC6)c5)ccc34)C2)C1. The summed E-state index contributed by atoms with van der Waals surface area (Å²) in [5.74, 6) is -0.472. The van der Waals surface area contributed by atoms with Crippen molar-refractivity contribution in [3.63, 3.8) is 0 Å². The second kappa shape index (κ2) is 8.12. The molecule has 0 aliphatic heterocycles. The number of nitrogens with zero attached hydrogens (tertiary/aromatic N) is 6. The van der Waals surface area contributed by atoms with Crippen molar-refractivity contribution in [3.8, 4) is 17.0 Å². The zero-order valence-corrected chi connectivity index (χ0v) is 20.1. The van der Waals surface area contributed by atoms with E-state index >= 15 is 0 Å². The first kappa shape index (κ1) is 22.0. The van der Waals surface area contributed by atoms with Crippen LogP contribution in [0.1, 0.15) is 65.4 Å². The molecule has 4 aromatic rings. The standard InChI is InChI=1S/C26H26N8O3/c27-23(35)20-2-1-7-28-25(20)37-19-10-26(11-19)8-17(9-26)30-24(36)22-21-6-3-15(13-34(21)32-31-22)16-12-29-33(14-16)18-4-5-18/h1-3,6-7,12-14,17-19H,4-5,8-11H2,(H2,27,35)(H,30,36). The van der Waals surface area contributed by atoms with E-state index < -0.39 is 5.91 Å². The first-order chi connectivity index (χ1) is 18.0. The Morgan fingerprint density at radius 2 is 1.92 bits per heavy atom. The monoisotopic (exact) mass is 498 g/mol. The molecule has 7 rings (SSSR count). The molecule has 0 saturated heterocycles. The molecule has 3 N–H and O–H groups in total. The van der Waals surface area contributed by atoms with Gasteiger partial charge in [-0.15, -0.1) is 5.10 Å². The van der Waals surface area contributed by atoms with Gasteiger partial charge in [-0.05, 0) is 62.1 Å². The largest absolute Gasteiger partial charge is 0.474 e. The summed E-state index contributed by atoms with van der Waals surface area (Å²) in [5.41, 5.74) is 8.87. The molecular weight excluding hydrogens is 472 g/mol. The molecule has 3 saturated carbocycles. The van der Waals surface area contributed by atoms with Crippen molar-refractivity contribution in [2.45, 2.75) is 56.7 Å². The van der Waals surface area contributed by atoms with E-state index in [-0.39, 0.29) is 29.3 Å². The average Bonchev–Trinajstić information content (AvgIpc) is 3.42. The lowest BCUT2D eigenvalue weighted by Crippen LogP contribution is -2.58. The molecule has 3 aliphatic rings. The van der Waals surface area contributed by atoms with Crippen molar-refractivity contribution in [1.29, 1.82) is 0 Å². The highest BCUT2D eigenvalue weighted by Crippen LogP contribution is 2.56. The fraction of sp³-hybridized carbons (Fsp3) is 0.385. The number of ether oxygens (including phenoxy) is 1. The minimum absolute atomic E-state index is 0.00323. The van der Waals surface area contributed by atoms with Crippen molar-refractivity contribution in [2.24, 2.45) is 11.1 Å². The van der Waals surface area contributed by atoms with E-state index in [1.165, 1.54) is 12.8 Å². The highest BCUT2D eigenvalue weighted by atomic mass is 16.5. The van der Waals surface area contributed by atoms with Gasteiger partial charge in [-0.25, -0.2) is 9.50 Å². The van der Waals surface area contributed by atoms with Crippen LogP contribution in [0.15, 0.2) is 49.1 Å². The predicted octanol–water partition coefficient (Wildman–Crippen LogP) is 2.54. The van der Waals surface area contributed by atoms with Crippen molar-refractivity contribution in [2.75, 3.05) is 0 Å². The van der Waals surface area contributed by atoms with Gasteiger partial charge in [0, 0.05) is 35.8 Å². The van der Waals surface area contributed by atoms with Gasteiger partial charge in [-0.1, -0.05) is 11.3 Å². The van der Waals surface area contributed by atoms with Crippen LogP contribution in [0.3, 0.4) is 0 Å². The minimum atomic E-state index is -0.550. The van der Waals surface area contributed by atoms with Crippen molar-refractivity contribution in [3.05, 3.63) is 60.3 Å². The lowest BCUT2D eigenvalue weighted by Gasteiger charge is -2.57. The number of carbonyl (C=O) groups is 2. The van der Waals surface area contributed by atoms with E-state index in [0.29, 0.717) is 22.8 Å². The Bertz CT molecular complexity index is 1520. The van der Waals surface area contributed by atoms with Gasteiger partial charge < -0.3 is 15.8 Å². The Kier molecular flexibility index (Phi) is 4.82. The van der Waals surface area contributed by atoms with Gasteiger partial charge in [0.05, 0.1) is 17.8 Å². The van der Waals surface area contributed by atoms with E-state index in [0.717, 1.165) is 36.8 Å². The molecule has 37 heavy (non-hydrogen) atoms. The maximum Gasteiger partial charge on any atom is 0.274 e. The molecule has 3 aliphatic carbocycles. The number of hydrogen-bond acceptors (Lipinski definition) is 7. The number of nitrogens with one attached hydrogen (secondary N) is 1. The lowest BCUT2D eigenvalue weighted by atomic mass is 9.53. The van der Waals surface area contributed by atoms with Gasteiger partial charge in [0.25, 0.3) is 11.8 Å². The van der Waals surface area contributed by atoms with Gasteiger partial charge in [-0.2, -0.15) is 5.10 Å². The fourth-order valence-corrected chi connectivity index (χ4v) is 5.75. The van der Waals surface area contributed by atoms with Crippen molar-refractivity contribution < 1.29 is 14.3 Å². The number of aromatic nitrogens is 6. The molecule has 0 aromatic carbocycles. The zero-order valence-electron chi connectivity index (χ0n) is 20.1. The van der Waals surface area contributed by atoms with Crippen LogP contribution < -0.4 is 15.8 Å². The van der Waals surface area contributed by atoms with E-state index in [1.807, 2.05) is 29.2 Å². The van der Waals surface area contributed by atoms with Gasteiger partial charge in [0.15, 0.2) is 5.69 Å². The molecule has 0 unspecified atom stereocenters.